The molecule has 1 aromatic heterocycles. The van der Waals surface area contributed by atoms with Gasteiger partial charge in [0.05, 0.1) is 12.8 Å². The van der Waals surface area contributed by atoms with E-state index in [0.717, 1.165) is 24.6 Å². The predicted molar refractivity (Wildman–Crippen MR) is 65.7 cm³/mol. The highest BCUT2D eigenvalue weighted by molar-refractivity contribution is 5.70. The number of nitrogens with two attached hydrogens (primary N) is 1. The van der Waals surface area contributed by atoms with E-state index in [1.54, 1.807) is 6.07 Å². The lowest BCUT2D eigenvalue weighted by Gasteiger charge is -2.20. The number of nitrogens with zero attached hydrogens (tertiary/aromatic N) is 2. The monoisotopic (exact) mass is 245 g/mol. The number of aryl methyl sites for hydroxylation is 1. The Kier molecular flexibility index (Phi) is 2.59. The van der Waals surface area contributed by atoms with Gasteiger partial charge in [-0.05, 0) is 24.5 Å². The van der Waals surface area contributed by atoms with Gasteiger partial charge in [0.1, 0.15) is 11.4 Å². The average molecular weight is 245 g/mol. The molecule has 0 spiro atoms. The van der Waals surface area contributed by atoms with Gasteiger partial charge in [-0.3, -0.25) is 0 Å². The molecule has 1 aliphatic heterocycles. The Hall–Kier alpha value is -2.17. The van der Waals surface area contributed by atoms with E-state index in [0.29, 0.717) is 17.9 Å². The van der Waals surface area contributed by atoms with Crippen LogP contribution < -0.4 is 10.5 Å². The van der Waals surface area contributed by atoms with E-state index in [1.165, 1.54) is 0 Å². The molecule has 1 aromatic carbocycles. The number of rotatable bonds is 1. The van der Waals surface area contributed by atoms with Gasteiger partial charge >= 0.3 is 0 Å². The predicted octanol–water partition coefficient (Wildman–Crippen LogP) is 2.19. The van der Waals surface area contributed by atoms with Gasteiger partial charge in [0.2, 0.25) is 5.95 Å². The van der Waals surface area contributed by atoms with Crippen molar-refractivity contribution in [3.05, 3.63) is 35.8 Å². The Bertz CT molecular complexity index is 601. The Morgan fingerprint density at radius 2 is 2.22 bits per heavy atom. The summed E-state index contributed by atoms with van der Waals surface area (Å²) in [6.45, 7) is 0.645. The van der Waals surface area contributed by atoms with Crippen LogP contribution in [-0.4, -0.2) is 16.6 Å². The van der Waals surface area contributed by atoms with Crippen LogP contribution in [0.5, 0.6) is 5.75 Å². The molecule has 0 amide bonds. The quantitative estimate of drug-likeness (QED) is 0.836. The van der Waals surface area contributed by atoms with E-state index >= 15 is 0 Å². The summed E-state index contributed by atoms with van der Waals surface area (Å²) in [4.78, 5) is 7.59. The SMILES string of the molecule is Nc1ncc(F)c(-c2cccc3c2OCCC3)n1. The van der Waals surface area contributed by atoms with Crippen LogP contribution in [0.1, 0.15) is 12.0 Å². The first-order valence-corrected chi connectivity index (χ1v) is 5.79. The summed E-state index contributed by atoms with van der Waals surface area (Å²) in [6, 6.07) is 5.65. The second kappa shape index (κ2) is 4.25. The van der Waals surface area contributed by atoms with Gasteiger partial charge in [-0.2, -0.15) is 0 Å². The first-order chi connectivity index (χ1) is 8.75. The smallest absolute Gasteiger partial charge is 0.220 e. The third-order valence-corrected chi connectivity index (χ3v) is 2.95. The lowest BCUT2D eigenvalue weighted by molar-refractivity contribution is 0.289. The molecule has 92 valence electrons. The van der Waals surface area contributed by atoms with Gasteiger partial charge in [0.25, 0.3) is 0 Å². The molecule has 0 saturated heterocycles. The van der Waals surface area contributed by atoms with E-state index < -0.39 is 5.82 Å². The molecule has 0 bridgehead atoms. The largest absolute Gasteiger partial charge is 0.493 e. The number of hydrogen-bond donors (Lipinski definition) is 1. The fourth-order valence-corrected chi connectivity index (χ4v) is 2.15. The van der Waals surface area contributed by atoms with Gasteiger partial charge in [-0.25, -0.2) is 14.4 Å². The van der Waals surface area contributed by atoms with Crippen molar-refractivity contribution in [2.75, 3.05) is 12.3 Å². The Balaban J connectivity index is 2.19. The fourth-order valence-electron chi connectivity index (χ4n) is 2.15. The number of ether oxygens (including phenoxy) is 1. The molecule has 2 N–H and O–H groups in total. The van der Waals surface area contributed by atoms with Crippen molar-refractivity contribution in [1.29, 1.82) is 0 Å². The van der Waals surface area contributed by atoms with Gasteiger partial charge in [-0.15, -0.1) is 0 Å². The van der Waals surface area contributed by atoms with E-state index in [4.69, 9.17) is 10.5 Å². The standard InChI is InChI=1S/C13H12FN3O/c14-10-7-16-13(15)17-11(10)9-5-1-3-8-4-2-6-18-12(8)9/h1,3,5,7H,2,4,6H2,(H2,15,16,17). The summed E-state index contributed by atoms with van der Waals surface area (Å²) < 4.78 is 19.4. The van der Waals surface area contributed by atoms with E-state index in [9.17, 15) is 4.39 Å². The molecule has 2 aromatic rings. The number of aromatic nitrogens is 2. The number of benzene rings is 1. The van der Waals surface area contributed by atoms with Crippen LogP contribution in [0, 0.1) is 5.82 Å². The van der Waals surface area contributed by atoms with Crippen LogP contribution in [0.4, 0.5) is 10.3 Å². The first-order valence-electron chi connectivity index (χ1n) is 5.79. The Morgan fingerprint density at radius 1 is 1.33 bits per heavy atom. The molecule has 1 aliphatic rings. The molecule has 0 radical (unpaired) electrons. The number of para-hydroxylation sites is 1. The minimum absolute atomic E-state index is 0.0554. The molecule has 0 saturated carbocycles. The molecule has 0 fully saturated rings. The highest BCUT2D eigenvalue weighted by Crippen LogP contribution is 2.36. The maximum absolute atomic E-state index is 13.8. The third kappa shape index (κ3) is 1.77. The van der Waals surface area contributed by atoms with Crippen molar-refractivity contribution in [2.45, 2.75) is 12.8 Å². The highest BCUT2D eigenvalue weighted by atomic mass is 19.1. The van der Waals surface area contributed by atoms with E-state index in [1.807, 2.05) is 12.1 Å². The van der Waals surface area contributed by atoms with Crippen LogP contribution in [0.2, 0.25) is 0 Å². The number of halogens is 1. The van der Waals surface area contributed by atoms with Crippen LogP contribution in [0.3, 0.4) is 0 Å². The third-order valence-electron chi connectivity index (χ3n) is 2.95. The molecule has 4 nitrogen and oxygen atoms in total. The summed E-state index contributed by atoms with van der Waals surface area (Å²) in [5.41, 5.74) is 7.42. The van der Waals surface area contributed by atoms with Crippen molar-refractivity contribution in [1.82, 2.24) is 9.97 Å². The topological polar surface area (TPSA) is 61.0 Å². The Morgan fingerprint density at radius 3 is 3.11 bits per heavy atom. The van der Waals surface area contributed by atoms with E-state index in [2.05, 4.69) is 9.97 Å². The summed E-state index contributed by atoms with van der Waals surface area (Å²) >= 11 is 0. The molecule has 0 unspecified atom stereocenters. The minimum Gasteiger partial charge on any atom is -0.493 e. The van der Waals surface area contributed by atoms with Gasteiger partial charge in [-0.1, -0.05) is 12.1 Å². The molecule has 5 heteroatoms. The van der Waals surface area contributed by atoms with Crippen molar-refractivity contribution in [2.24, 2.45) is 0 Å². The van der Waals surface area contributed by atoms with Crippen LogP contribution in [0.25, 0.3) is 11.3 Å². The molecule has 0 atom stereocenters. The Labute approximate surface area is 104 Å². The van der Waals surface area contributed by atoms with Crippen LogP contribution >= 0.6 is 0 Å². The summed E-state index contributed by atoms with van der Waals surface area (Å²) in [6.07, 6.45) is 3.00. The molecular formula is C13H12FN3O. The van der Waals surface area contributed by atoms with E-state index in [-0.39, 0.29) is 11.6 Å². The second-order valence-electron chi connectivity index (χ2n) is 4.17. The zero-order chi connectivity index (χ0) is 12.5. The van der Waals surface area contributed by atoms with Crippen molar-refractivity contribution >= 4 is 5.95 Å². The normalized spacial score (nSPS) is 13.8. The maximum atomic E-state index is 13.8. The molecular weight excluding hydrogens is 233 g/mol. The van der Waals surface area contributed by atoms with Crippen molar-refractivity contribution in [3.63, 3.8) is 0 Å². The zero-order valence-electron chi connectivity index (χ0n) is 9.69. The minimum atomic E-state index is -0.494. The van der Waals surface area contributed by atoms with Gasteiger partial charge < -0.3 is 10.5 Å². The lowest BCUT2D eigenvalue weighted by atomic mass is 10.0. The first kappa shape index (κ1) is 11.0. The number of nitrogen functional groups attached to an aromatic ring is 1. The highest BCUT2D eigenvalue weighted by Gasteiger charge is 2.19. The lowest BCUT2D eigenvalue weighted by Crippen LogP contribution is -2.10. The van der Waals surface area contributed by atoms with Crippen LogP contribution in [0.15, 0.2) is 24.4 Å². The maximum Gasteiger partial charge on any atom is 0.220 e. The number of fused-ring (bicyclic) bond motifs is 1. The van der Waals surface area contributed by atoms with Gasteiger partial charge in [0.15, 0.2) is 5.82 Å². The summed E-state index contributed by atoms with van der Waals surface area (Å²) in [5, 5.41) is 0. The summed E-state index contributed by atoms with van der Waals surface area (Å²) in [7, 11) is 0. The number of anilines is 1. The van der Waals surface area contributed by atoms with Crippen molar-refractivity contribution < 1.29 is 9.13 Å². The molecule has 18 heavy (non-hydrogen) atoms. The zero-order valence-corrected chi connectivity index (χ0v) is 9.69. The molecule has 2 heterocycles. The number of hydrogen-bond acceptors (Lipinski definition) is 4. The second-order valence-corrected chi connectivity index (χ2v) is 4.17. The molecule has 0 aliphatic carbocycles. The van der Waals surface area contributed by atoms with Crippen LogP contribution in [-0.2, 0) is 6.42 Å². The summed E-state index contributed by atoms with van der Waals surface area (Å²) in [5.74, 6) is 0.271. The fraction of sp³-hybridized carbons (Fsp3) is 0.231. The molecule has 3 rings (SSSR count). The average Bonchev–Trinajstić information content (AvgIpc) is 2.41. The van der Waals surface area contributed by atoms with Crippen molar-refractivity contribution in [3.8, 4) is 17.0 Å². The van der Waals surface area contributed by atoms with Gasteiger partial charge in [0, 0.05) is 5.56 Å².